The number of carbonyl (C=O) groups is 2. The highest BCUT2D eigenvalue weighted by atomic mass is 16.5. The third kappa shape index (κ3) is 7.72. The van der Waals surface area contributed by atoms with Crippen molar-refractivity contribution < 1.29 is 19.1 Å². The van der Waals surface area contributed by atoms with E-state index in [9.17, 15) is 14.4 Å². The quantitative estimate of drug-likeness (QED) is 0.424. The van der Waals surface area contributed by atoms with Crippen LogP contribution in [0, 0.1) is 5.92 Å². The Labute approximate surface area is 244 Å². The number of fused-ring (bicyclic) bond motifs is 1. The van der Waals surface area contributed by atoms with E-state index >= 15 is 0 Å². The van der Waals surface area contributed by atoms with Crippen LogP contribution in [-0.2, 0) is 30.6 Å². The molecule has 2 N–H and O–H groups in total. The van der Waals surface area contributed by atoms with Crippen LogP contribution in [0.4, 0.5) is 0 Å². The average Bonchev–Trinajstić information content (AvgIpc) is 2.95. The zero-order valence-corrected chi connectivity index (χ0v) is 25.3. The number of benzene rings is 1. The van der Waals surface area contributed by atoms with Crippen molar-refractivity contribution in [1.29, 1.82) is 0 Å². The van der Waals surface area contributed by atoms with Gasteiger partial charge < -0.3 is 24.7 Å². The van der Waals surface area contributed by atoms with Crippen molar-refractivity contribution >= 4 is 11.8 Å². The van der Waals surface area contributed by atoms with E-state index in [-0.39, 0.29) is 17.0 Å². The van der Waals surface area contributed by atoms with Gasteiger partial charge in [0.05, 0.1) is 14.2 Å². The number of nitrogens with one attached hydrogen (secondary N) is 2. The van der Waals surface area contributed by atoms with E-state index in [1.165, 1.54) is 32.1 Å². The molecular weight excluding hydrogens is 518 g/mol. The third-order valence-electron chi connectivity index (χ3n) is 8.65. The average molecular weight is 566 g/mol. The molecule has 1 aromatic carbocycles. The molecule has 2 amide bonds. The molecule has 0 bridgehead atoms. The predicted octanol–water partition coefficient (Wildman–Crippen LogP) is 4.97. The molecule has 2 aliphatic rings. The van der Waals surface area contributed by atoms with E-state index in [4.69, 9.17) is 9.47 Å². The number of rotatable bonds is 10. The second-order valence-electron chi connectivity index (χ2n) is 12.1. The fourth-order valence-electron chi connectivity index (χ4n) is 6.20. The fourth-order valence-corrected chi connectivity index (χ4v) is 6.20. The zero-order valence-electron chi connectivity index (χ0n) is 25.3. The van der Waals surface area contributed by atoms with Crippen LogP contribution in [0.25, 0.3) is 0 Å². The highest BCUT2D eigenvalue weighted by Crippen LogP contribution is 2.28. The van der Waals surface area contributed by atoms with Crippen molar-refractivity contribution in [3.05, 3.63) is 57.0 Å². The number of methoxy groups -OCH3 is 2. The second kappa shape index (κ2) is 14.1. The van der Waals surface area contributed by atoms with E-state index < -0.39 is 11.4 Å². The van der Waals surface area contributed by atoms with Crippen molar-refractivity contribution in [1.82, 2.24) is 15.2 Å². The van der Waals surface area contributed by atoms with Gasteiger partial charge in [-0.1, -0.05) is 38.2 Å². The van der Waals surface area contributed by atoms with Crippen molar-refractivity contribution in [3.8, 4) is 11.5 Å². The molecule has 0 aliphatic heterocycles. The topological polar surface area (TPSA) is 98.7 Å². The summed E-state index contributed by atoms with van der Waals surface area (Å²) in [5.41, 5.74) is 1.94. The summed E-state index contributed by atoms with van der Waals surface area (Å²) in [7, 11) is 3.18. The maximum absolute atomic E-state index is 13.8. The Hall–Kier alpha value is -3.29. The smallest absolute Gasteiger partial charge is 0.263 e. The van der Waals surface area contributed by atoms with Crippen LogP contribution >= 0.6 is 0 Å². The van der Waals surface area contributed by atoms with Crippen LogP contribution in [0.2, 0.25) is 0 Å². The molecular formula is C33H47N3O5. The van der Waals surface area contributed by atoms with Crippen LogP contribution in [-0.4, -0.2) is 42.7 Å². The lowest BCUT2D eigenvalue weighted by molar-refractivity contribution is -0.126. The summed E-state index contributed by atoms with van der Waals surface area (Å²) in [5, 5.41) is 5.79. The Morgan fingerprint density at radius 3 is 2.32 bits per heavy atom. The maximum atomic E-state index is 13.8. The minimum absolute atomic E-state index is 0.145. The molecule has 2 aromatic rings. The Bertz CT molecular complexity index is 1280. The minimum Gasteiger partial charge on any atom is -0.493 e. The number of amides is 2. The lowest BCUT2D eigenvalue weighted by Crippen LogP contribution is -2.55. The van der Waals surface area contributed by atoms with Crippen LogP contribution in [0.15, 0.2) is 29.1 Å². The predicted molar refractivity (Wildman–Crippen MR) is 161 cm³/mol. The molecule has 2 aliphatic carbocycles. The van der Waals surface area contributed by atoms with Crippen LogP contribution in [0.3, 0.4) is 0 Å². The highest BCUT2D eigenvalue weighted by molar-refractivity contribution is 5.98. The molecule has 1 aromatic heterocycles. The molecule has 0 spiro atoms. The number of nitrogens with zero attached hydrogens (tertiary/aromatic N) is 1. The number of ether oxygens (including phenoxy) is 2. The summed E-state index contributed by atoms with van der Waals surface area (Å²) >= 11 is 0. The number of hydrogen-bond acceptors (Lipinski definition) is 5. The molecule has 8 nitrogen and oxygen atoms in total. The molecule has 41 heavy (non-hydrogen) atoms. The summed E-state index contributed by atoms with van der Waals surface area (Å²) in [6.45, 7) is 4.42. The lowest BCUT2D eigenvalue weighted by Gasteiger charge is -2.28. The summed E-state index contributed by atoms with van der Waals surface area (Å²) in [5.74, 6) is 0.962. The van der Waals surface area contributed by atoms with Crippen LogP contribution in [0.5, 0.6) is 11.5 Å². The van der Waals surface area contributed by atoms with Gasteiger partial charge in [-0.05, 0) is 94.0 Å². The Morgan fingerprint density at radius 2 is 1.61 bits per heavy atom. The van der Waals surface area contributed by atoms with Gasteiger partial charge in [-0.15, -0.1) is 0 Å². The lowest BCUT2D eigenvalue weighted by atomic mass is 9.88. The van der Waals surface area contributed by atoms with E-state index in [1.54, 1.807) is 34.1 Å². The van der Waals surface area contributed by atoms with Gasteiger partial charge in [0.15, 0.2) is 11.5 Å². The molecule has 0 saturated heterocycles. The molecule has 224 valence electrons. The van der Waals surface area contributed by atoms with Gasteiger partial charge in [0.2, 0.25) is 5.91 Å². The van der Waals surface area contributed by atoms with Gasteiger partial charge in [-0.3, -0.25) is 14.4 Å². The molecule has 0 atom stereocenters. The van der Waals surface area contributed by atoms with Crippen LogP contribution < -0.4 is 25.7 Å². The summed E-state index contributed by atoms with van der Waals surface area (Å²) in [6, 6.07) is 7.46. The first-order valence-electron chi connectivity index (χ1n) is 15.3. The summed E-state index contributed by atoms with van der Waals surface area (Å²) < 4.78 is 12.6. The standard InChI is InChI=1S/C33H47N3O5/c1-33(2,32(39)34-19-18-23-16-17-28(40-3)29(20-23)41-4)35-30(37)26-21-25-14-10-5-6-11-15-27(25)36(31(26)38)22-24-12-8-7-9-13-24/h16-17,20-21,24H,5-15,18-19,22H2,1-4H3,(H,34,39)(H,35,37). The monoisotopic (exact) mass is 565 g/mol. The third-order valence-corrected chi connectivity index (χ3v) is 8.65. The molecule has 1 saturated carbocycles. The highest BCUT2D eigenvalue weighted by Gasteiger charge is 2.31. The van der Waals surface area contributed by atoms with Crippen molar-refractivity contribution in [2.45, 2.75) is 103 Å². The first-order valence-corrected chi connectivity index (χ1v) is 15.3. The zero-order chi connectivity index (χ0) is 29.4. The number of hydrogen-bond donors (Lipinski definition) is 2. The largest absolute Gasteiger partial charge is 0.493 e. The van der Waals surface area contributed by atoms with E-state index in [0.717, 1.165) is 55.3 Å². The van der Waals surface area contributed by atoms with Crippen molar-refractivity contribution in [2.75, 3.05) is 20.8 Å². The van der Waals surface area contributed by atoms with Crippen molar-refractivity contribution in [2.24, 2.45) is 5.92 Å². The normalized spacial score (nSPS) is 16.2. The first kappa shape index (κ1) is 30.7. The molecule has 8 heteroatoms. The van der Waals surface area contributed by atoms with Gasteiger partial charge >= 0.3 is 0 Å². The Kier molecular flexibility index (Phi) is 10.5. The minimum atomic E-state index is -1.19. The second-order valence-corrected chi connectivity index (χ2v) is 12.1. The van der Waals surface area contributed by atoms with Gasteiger partial charge in [0.1, 0.15) is 11.1 Å². The Balaban J connectivity index is 1.47. The maximum Gasteiger partial charge on any atom is 0.263 e. The van der Waals surface area contributed by atoms with Gasteiger partial charge in [0.25, 0.3) is 11.5 Å². The van der Waals surface area contributed by atoms with Gasteiger partial charge in [-0.2, -0.15) is 0 Å². The molecule has 0 unspecified atom stereocenters. The first-order chi connectivity index (χ1) is 19.7. The number of aryl methyl sites for hydroxylation is 1. The van der Waals surface area contributed by atoms with Gasteiger partial charge in [-0.25, -0.2) is 0 Å². The fraction of sp³-hybridized carbons (Fsp3) is 0.606. The molecule has 1 heterocycles. The molecule has 0 radical (unpaired) electrons. The number of aromatic nitrogens is 1. The van der Waals surface area contributed by atoms with Crippen LogP contribution in [0.1, 0.15) is 98.8 Å². The number of carbonyl (C=O) groups excluding carboxylic acids is 2. The SMILES string of the molecule is COc1ccc(CCNC(=O)C(C)(C)NC(=O)c2cc3c(n(CC4CCCCC4)c2=O)CCCCCC3)cc1OC. The van der Waals surface area contributed by atoms with E-state index in [1.807, 2.05) is 22.8 Å². The van der Waals surface area contributed by atoms with E-state index in [0.29, 0.717) is 36.9 Å². The summed E-state index contributed by atoms with van der Waals surface area (Å²) in [6.07, 6.45) is 12.8. The molecule has 1 fully saturated rings. The summed E-state index contributed by atoms with van der Waals surface area (Å²) in [4.78, 5) is 40.5. The van der Waals surface area contributed by atoms with Gasteiger partial charge in [0, 0.05) is 18.8 Å². The number of pyridine rings is 1. The Morgan fingerprint density at radius 1 is 0.927 bits per heavy atom. The van der Waals surface area contributed by atoms with E-state index in [2.05, 4.69) is 10.6 Å². The molecule has 4 rings (SSSR count). The van der Waals surface area contributed by atoms with Crippen molar-refractivity contribution in [3.63, 3.8) is 0 Å².